The van der Waals surface area contributed by atoms with E-state index in [0.29, 0.717) is 22.7 Å². The number of nitrogens with one attached hydrogen (secondary N) is 2. The lowest BCUT2D eigenvalue weighted by Crippen LogP contribution is -2.34. The number of benzene rings is 1. The van der Waals surface area contributed by atoms with Gasteiger partial charge in [-0.3, -0.25) is 4.79 Å². The zero-order valence-corrected chi connectivity index (χ0v) is 13.5. The maximum atomic E-state index is 11.4. The maximum Gasteiger partial charge on any atom is 0.326 e. The van der Waals surface area contributed by atoms with Gasteiger partial charge in [0.25, 0.3) is 0 Å². The molecule has 8 nitrogen and oxygen atoms in total. The Morgan fingerprint density at radius 3 is 2.64 bits per heavy atom. The summed E-state index contributed by atoms with van der Waals surface area (Å²) in [5.74, 6) is -1.11. The van der Waals surface area contributed by atoms with Crippen molar-refractivity contribution < 1.29 is 14.7 Å². The maximum absolute atomic E-state index is 11.4. The van der Waals surface area contributed by atoms with Crippen LogP contribution in [0.2, 0.25) is 0 Å². The fraction of sp³-hybridized carbons (Fsp3) is 0.176. The van der Waals surface area contributed by atoms with Gasteiger partial charge in [-0.05, 0) is 13.0 Å². The molecule has 8 heteroatoms. The fourth-order valence-corrected chi connectivity index (χ4v) is 2.53. The third-order valence-electron chi connectivity index (χ3n) is 3.67. The molecular weight excluding hydrogens is 322 g/mol. The highest BCUT2D eigenvalue weighted by Crippen LogP contribution is 2.26. The van der Waals surface area contributed by atoms with Gasteiger partial charge in [-0.1, -0.05) is 30.3 Å². The van der Waals surface area contributed by atoms with Crippen LogP contribution in [0.15, 0.2) is 36.4 Å². The smallest absolute Gasteiger partial charge is 0.326 e. The number of nitrogens with two attached hydrogens (primary N) is 1. The number of hydrogen-bond acceptors (Lipinski definition) is 5. The van der Waals surface area contributed by atoms with Gasteiger partial charge in [0, 0.05) is 11.3 Å². The number of primary amides is 1. The Balaban J connectivity index is 2.09. The number of hydrogen-bond donors (Lipinski definition) is 4. The molecule has 3 rings (SSSR count). The number of carbonyl (C=O) groups is 2. The second-order valence-corrected chi connectivity index (χ2v) is 5.68. The monoisotopic (exact) mass is 339 g/mol. The van der Waals surface area contributed by atoms with Gasteiger partial charge < -0.3 is 21.1 Å². The lowest BCUT2D eigenvalue weighted by molar-refractivity contribution is -0.139. The summed E-state index contributed by atoms with van der Waals surface area (Å²) in [5, 5.41) is 12.8. The highest BCUT2D eigenvalue weighted by Gasteiger charge is 2.22. The molecule has 1 atom stereocenters. The first-order valence-electron chi connectivity index (χ1n) is 7.64. The van der Waals surface area contributed by atoms with Crippen LogP contribution in [0.3, 0.4) is 0 Å². The van der Waals surface area contributed by atoms with Crippen LogP contribution < -0.4 is 11.1 Å². The zero-order chi connectivity index (χ0) is 18.0. The Kier molecular flexibility index (Phi) is 4.34. The number of rotatable bonds is 6. The van der Waals surface area contributed by atoms with Gasteiger partial charge in [0.2, 0.25) is 5.91 Å². The van der Waals surface area contributed by atoms with Gasteiger partial charge in [0.05, 0.1) is 11.8 Å². The van der Waals surface area contributed by atoms with E-state index in [9.17, 15) is 14.7 Å². The normalized spacial score (nSPS) is 12.0. The number of anilines is 1. The van der Waals surface area contributed by atoms with Crippen molar-refractivity contribution in [3.05, 3.63) is 42.1 Å². The minimum absolute atomic E-state index is 0.335. The summed E-state index contributed by atoms with van der Waals surface area (Å²) >= 11 is 0. The molecule has 3 aromatic rings. The zero-order valence-electron chi connectivity index (χ0n) is 13.5. The molecule has 128 valence electrons. The molecule has 0 spiro atoms. The van der Waals surface area contributed by atoms with Gasteiger partial charge in [-0.15, -0.1) is 0 Å². The fourth-order valence-electron chi connectivity index (χ4n) is 2.53. The molecule has 2 heterocycles. The van der Waals surface area contributed by atoms with Crippen molar-refractivity contribution in [2.75, 3.05) is 5.32 Å². The van der Waals surface area contributed by atoms with Crippen LogP contribution in [0, 0.1) is 6.92 Å². The standard InChI is InChI=1S/C17H17N5O3/c1-9-7-11-15(19-9)21-14(10-5-3-2-4-6-10)22-16(11)20-12(17(24)25)8-13(18)23/h2-7,12H,8H2,1H3,(H2,18,23)(H,24,25)(H2,19,20,21,22). The number of carboxylic acids is 1. The summed E-state index contributed by atoms with van der Waals surface area (Å²) in [7, 11) is 0. The molecule has 0 saturated heterocycles. The first kappa shape index (κ1) is 16.4. The highest BCUT2D eigenvalue weighted by atomic mass is 16.4. The second kappa shape index (κ2) is 6.60. The third kappa shape index (κ3) is 3.57. The van der Waals surface area contributed by atoms with E-state index in [0.717, 1.165) is 11.3 Å². The Labute approximate surface area is 143 Å². The van der Waals surface area contributed by atoms with E-state index in [4.69, 9.17) is 5.73 Å². The summed E-state index contributed by atoms with van der Waals surface area (Å²) in [6.07, 6.45) is -0.342. The van der Waals surface area contributed by atoms with Crippen LogP contribution in [0.25, 0.3) is 22.4 Å². The molecule has 1 aromatic carbocycles. The summed E-state index contributed by atoms with van der Waals surface area (Å²) in [6.45, 7) is 1.87. The molecule has 0 bridgehead atoms. The van der Waals surface area contributed by atoms with E-state index in [-0.39, 0.29) is 6.42 Å². The first-order chi connectivity index (χ1) is 11.9. The molecule has 25 heavy (non-hydrogen) atoms. The average Bonchev–Trinajstić information content (AvgIpc) is 2.95. The Morgan fingerprint density at radius 1 is 1.28 bits per heavy atom. The highest BCUT2D eigenvalue weighted by molar-refractivity contribution is 5.92. The number of aromatic nitrogens is 3. The molecule has 5 N–H and O–H groups in total. The number of aliphatic carboxylic acids is 1. The summed E-state index contributed by atoms with van der Waals surface area (Å²) in [6, 6.07) is 9.97. The van der Waals surface area contributed by atoms with Crippen molar-refractivity contribution in [2.45, 2.75) is 19.4 Å². The van der Waals surface area contributed by atoms with Crippen LogP contribution in [0.5, 0.6) is 0 Å². The first-order valence-corrected chi connectivity index (χ1v) is 7.64. The Hall–Kier alpha value is -3.42. The largest absolute Gasteiger partial charge is 0.480 e. The molecular formula is C17H17N5O3. The van der Waals surface area contributed by atoms with Crippen molar-refractivity contribution in [3.8, 4) is 11.4 Å². The minimum atomic E-state index is -1.18. The van der Waals surface area contributed by atoms with E-state index < -0.39 is 17.9 Å². The lowest BCUT2D eigenvalue weighted by atomic mass is 10.2. The van der Waals surface area contributed by atoms with Crippen molar-refractivity contribution in [1.82, 2.24) is 15.0 Å². The number of H-pyrrole nitrogens is 1. The van der Waals surface area contributed by atoms with Crippen LogP contribution in [-0.2, 0) is 9.59 Å². The topological polar surface area (TPSA) is 134 Å². The number of carboxylic acid groups (broad SMARTS) is 1. The van der Waals surface area contributed by atoms with Crippen molar-refractivity contribution in [3.63, 3.8) is 0 Å². The van der Waals surface area contributed by atoms with Crippen LogP contribution in [0.4, 0.5) is 5.82 Å². The summed E-state index contributed by atoms with van der Waals surface area (Å²) < 4.78 is 0. The van der Waals surface area contributed by atoms with E-state index >= 15 is 0 Å². The van der Waals surface area contributed by atoms with Crippen molar-refractivity contribution in [2.24, 2.45) is 5.73 Å². The van der Waals surface area contributed by atoms with E-state index in [1.807, 2.05) is 43.3 Å². The predicted molar refractivity (Wildman–Crippen MR) is 92.9 cm³/mol. The number of aryl methyl sites for hydroxylation is 1. The van der Waals surface area contributed by atoms with E-state index in [1.165, 1.54) is 0 Å². The molecule has 1 amide bonds. The van der Waals surface area contributed by atoms with Crippen LogP contribution in [0.1, 0.15) is 12.1 Å². The van der Waals surface area contributed by atoms with Gasteiger partial charge in [-0.2, -0.15) is 0 Å². The Morgan fingerprint density at radius 2 is 2.00 bits per heavy atom. The van der Waals surface area contributed by atoms with E-state index in [2.05, 4.69) is 20.3 Å². The van der Waals surface area contributed by atoms with Crippen molar-refractivity contribution in [1.29, 1.82) is 0 Å². The number of nitrogens with zero attached hydrogens (tertiary/aromatic N) is 2. The number of aromatic amines is 1. The number of amides is 1. The van der Waals surface area contributed by atoms with Crippen LogP contribution >= 0.6 is 0 Å². The summed E-state index contributed by atoms with van der Waals surface area (Å²) in [4.78, 5) is 34.6. The second-order valence-electron chi connectivity index (χ2n) is 5.68. The molecule has 0 aliphatic carbocycles. The van der Waals surface area contributed by atoms with Crippen molar-refractivity contribution >= 4 is 28.7 Å². The molecule has 2 aromatic heterocycles. The Bertz CT molecular complexity index is 936. The van der Waals surface area contributed by atoms with Crippen LogP contribution in [-0.4, -0.2) is 38.0 Å². The average molecular weight is 339 g/mol. The molecule has 1 unspecified atom stereocenters. The van der Waals surface area contributed by atoms with Gasteiger partial charge in [-0.25, -0.2) is 14.8 Å². The third-order valence-corrected chi connectivity index (χ3v) is 3.67. The number of carbonyl (C=O) groups excluding carboxylic acids is 1. The van der Waals surface area contributed by atoms with Gasteiger partial charge >= 0.3 is 5.97 Å². The minimum Gasteiger partial charge on any atom is -0.480 e. The molecule has 0 aliphatic heterocycles. The molecule has 0 radical (unpaired) electrons. The van der Waals surface area contributed by atoms with Gasteiger partial charge in [0.1, 0.15) is 17.5 Å². The SMILES string of the molecule is Cc1cc2c(NC(CC(N)=O)C(=O)O)nc(-c3ccccc3)nc2[nH]1. The lowest BCUT2D eigenvalue weighted by Gasteiger charge is -2.15. The number of fused-ring (bicyclic) bond motifs is 1. The molecule has 0 fully saturated rings. The molecule has 0 aliphatic rings. The van der Waals surface area contributed by atoms with E-state index in [1.54, 1.807) is 0 Å². The molecule has 0 saturated carbocycles. The predicted octanol–water partition coefficient (Wildman–Crippen LogP) is 1.67. The van der Waals surface area contributed by atoms with Gasteiger partial charge in [0.15, 0.2) is 5.82 Å². The summed E-state index contributed by atoms with van der Waals surface area (Å²) in [5.41, 5.74) is 7.38. The quantitative estimate of drug-likeness (QED) is 0.540.